The van der Waals surface area contributed by atoms with E-state index in [1.54, 1.807) is 6.92 Å². The summed E-state index contributed by atoms with van der Waals surface area (Å²) >= 11 is 6.61. The van der Waals surface area contributed by atoms with Crippen molar-refractivity contribution >= 4 is 51.6 Å². The summed E-state index contributed by atoms with van der Waals surface area (Å²) < 4.78 is 10.0. The van der Waals surface area contributed by atoms with Gasteiger partial charge in [-0.25, -0.2) is 9.59 Å². The Hall–Kier alpha value is -3.42. The first-order valence-electron chi connectivity index (χ1n) is 8.05. The fourth-order valence-corrected chi connectivity index (χ4v) is 3.34. The Labute approximate surface area is 174 Å². The van der Waals surface area contributed by atoms with Gasteiger partial charge in [0.05, 0.1) is 17.1 Å². The van der Waals surface area contributed by atoms with E-state index in [4.69, 9.17) is 26.8 Å². The summed E-state index contributed by atoms with van der Waals surface area (Å²) in [5, 5.41) is 20.2. The van der Waals surface area contributed by atoms with Gasteiger partial charge in [0.2, 0.25) is 0 Å². The van der Waals surface area contributed by atoms with Crippen molar-refractivity contribution in [2.75, 3.05) is 12.3 Å². The number of ether oxygens (including phenoxy) is 2. The molecule has 2 aromatic rings. The number of thiophene rings is 1. The number of nitro benzene ring substituents is 1. The number of hydrogen-bond donors (Lipinski definition) is 1. The van der Waals surface area contributed by atoms with Gasteiger partial charge in [-0.2, -0.15) is 5.26 Å². The van der Waals surface area contributed by atoms with Crippen molar-refractivity contribution in [1.29, 1.82) is 5.26 Å². The fraction of sp³-hybridized carbons (Fsp3) is 0.167. The Kier molecular flexibility index (Phi) is 7.30. The number of nitrogens with two attached hydrogens (primary N) is 1. The van der Waals surface area contributed by atoms with E-state index < -0.39 is 16.9 Å². The van der Waals surface area contributed by atoms with Crippen LogP contribution >= 0.6 is 22.9 Å². The second kappa shape index (κ2) is 9.68. The topological polar surface area (TPSA) is 146 Å². The molecular weight excluding hydrogens is 422 g/mol. The van der Waals surface area contributed by atoms with Crippen LogP contribution in [0.4, 0.5) is 10.7 Å². The van der Waals surface area contributed by atoms with Crippen LogP contribution in [0.15, 0.2) is 24.3 Å². The lowest BCUT2D eigenvalue weighted by Gasteiger charge is -2.05. The summed E-state index contributed by atoms with van der Waals surface area (Å²) in [6.45, 7) is 1.40. The highest BCUT2D eigenvalue weighted by Gasteiger charge is 2.23. The van der Waals surface area contributed by atoms with Crippen LogP contribution in [-0.2, 0) is 20.9 Å². The molecule has 0 fully saturated rings. The zero-order chi connectivity index (χ0) is 21.6. The molecule has 0 saturated carbocycles. The molecule has 2 N–H and O–H groups in total. The third kappa shape index (κ3) is 5.31. The van der Waals surface area contributed by atoms with Crippen molar-refractivity contribution in [3.8, 4) is 6.07 Å². The lowest BCUT2D eigenvalue weighted by atomic mass is 10.1. The lowest BCUT2D eigenvalue weighted by Crippen LogP contribution is -2.08. The smallest absolute Gasteiger partial charge is 0.348 e. The minimum absolute atomic E-state index is 0.0275. The average molecular weight is 436 g/mol. The van der Waals surface area contributed by atoms with Gasteiger partial charge in [-0.3, -0.25) is 10.1 Å². The summed E-state index contributed by atoms with van der Waals surface area (Å²) in [6, 6.07) is 5.91. The van der Waals surface area contributed by atoms with Gasteiger partial charge in [-0.1, -0.05) is 17.7 Å². The second-order valence-electron chi connectivity index (χ2n) is 5.39. The number of nitrogen functional groups attached to an aromatic ring is 1. The maximum atomic E-state index is 12.0. The van der Waals surface area contributed by atoms with E-state index in [0.29, 0.717) is 5.56 Å². The number of esters is 2. The van der Waals surface area contributed by atoms with E-state index in [9.17, 15) is 25.0 Å². The predicted octanol–water partition coefficient (Wildman–Crippen LogP) is 3.70. The Bertz CT molecular complexity index is 1040. The zero-order valence-electron chi connectivity index (χ0n) is 15.0. The molecule has 2 rings (SSSR count). The van der Waals surface area contributed by atoms with Crippen LogP contribution in [0.2, 0.25) is 5.02 Å². The molecule has 9 nitrogen and oxygen atoms in total. The summed E-state index contributed by atoms with van der Waals surface area (Å²) in [5.41, 5.74) is 6.02. The van der Waals surface area contributed by atoms with E-state index in [0.717, 1.165) is 17.4 Å². The Balaban J connectivity index is 2.14. The first kappa shape index (κ1) is 21.9. The number of carbonyl (C=O) groups excluding carboxylic acids is 2. The fourth-order valence-electron chi connectivity index (χ4n) is 2.24. The molecule has 1 aromatic heterocycles. The molecule has 0 aliphatic heterocycles. The number of anilines is 1. The molecule has 29 heavy (non-hydrogen) atoms. The molecule has 0 radical (unpaired) electrons. The standard InChI is InChI=1S/C18H14ClN3O6S/c1-2-27-18(24)16-12(11(8-20)17(21)29-16)9-28-15(23)6-4-10-3-5-13(19)14(7-10)22(25)26/h3-7H,2,9,21H2,1H3/b6-4+. The van der Waals surface area contributed by atoms with Crippen LogP contribution < -0.4 is 5.73 Å². The van der Waals surface area contributed by atoms with Gasteiger partial charge in [0.15, 0.2) is 0 Å². The van der Waals surface area contributed by atoms with Crippen molar-refractivity contribution in [2.24, 2.45) is 0 Å². The van der Waals surface area contributed by atoms with E-state index in [1.807, 2.05) is 6.07 Å². The molecule has 0 spiro atoms. The second-order valence-corrected chi connectivity index (χ2v) is 6.85. The first-order valence-corrected chi connectivity index (χ1v) is 9.25. The van der Waals surface area contributed by atoms with E-state index in [-0.39, 0.29) is 44.9 Å². The molecular formula is C18H14ClN3O6S. The van der Waals surface area contributed by atoms with Crippen LogP contribution in [0, 0.1) is 21.4 Å². The molecule has 0 aliphatic carbocycles. The largest absolute Gasteiger partial charge is 0.462 e. The van der Waals surface area contributed by atoms with E-state index in [1.165, 1.54) is 24.3 Å². The molecule has 11 heteroatoms. The van der Waals surface area contributed by atoms with Crippen molar-refractivity contribution in [3.63, 3.8) is 0 Å². The average Bonchev–Trinajstić information content (AvgIpc) is 3.01. The maximum Gasteiger partial charge on any atom is 0.348 e. The van der Waals surface area contributed by atoms with Gasteiger partial charge >= 0.3 is 11.9 Å². The quantitative estimate of drug-likeness (QED) is 0.300. The summed E-state index contributed by atoms with van der Waals surface area (Å²) in [7, 11) is 0. The van der Waals surface area contributed by atoms with E-state index in [2.05, 4.69) is 0 Å². The molecule has 0 bridgehead atoms. The summed E-state index contributed by atoms with van der Waals surface area (Å²) in [6.07, 6.45) is 2.36. The van der Waals surface area contributed by atoms with Crippen LogP contribution in [0.5, 0.6) is 0 Å². The monoisotopic (exact) mass is 435 g/mol. The van der Waals surface area contributed by atoms with Crippen molar-refractivity contribution in [3.05, 3.63) is 61.0 Å². The highest BCUT2D eigenvalue weighted by atomic mass is 35.5. The van der Waals surface area contributed by atoms with Gasteiger partial charge in [0, 0.05) is 17.7 Å². The molecule has 150 valence electrons. The molecule has 1 aromatic carbocycles. The number of hydrogen-bond acceptors (Lipinski definition) is 9. The van der Waals surface area contributed by atoms with Gasteiger partial charge < -0.3 is 15.2 Å². The highest BCUT2D eigenvalue weighted by Crippen LogP contribution is 2.32. The lowest BCUT2D eigenvalue weighted by molar-refractivity contribution is -0.384. The zero-order valence-corrected chi connectivity index (χ0v) is 16.6. The normalized spacial score (nSPS) is 10.5. The predicted molar refractivity (Wildman–Crippen MR) is 106 cm³/mol. The molecule has 0 aliphatic rings. The van der Waals surface area contributed by atoms with Gasteiger partial charge in [0.1, 0.15) is 27.6 Å². The van der Waals surface area contributed by atoms with Crippen LogP contribution in [0.1, 0.15) is 33.3 Å². The van der Waals surface area contributed by atoms with Gasteiger partial charge in [-0.15, -0.1) is 11.3 Å². The third-order valence-corrected chi connectivity index (χ3v) is 4.91. The van der Waals surface area contributed by atoms with Gasteiger partial charge in [-0.05, 0) is 24.6 Å². The molecule has 0 unspecified atom stereocenters. The molecule has 0 amide bonds. The minimum atomic E-state index is -0.786. The Morgan fingerprint density at radius 1 is 1.41 bits per heavy atom. The number of carbonyl (C=O) groups is 2. The number of rotatable bonds is 7. The minimum Gasteiger partial charge on any atom is -0.462 e. The van der Waals surface area contributed by atoms with Crippen molar-refractivity contribution in [2.45, 2.75) is 13.5 Å². The van der Waals surface area contributed by atoms with Crippen LogP contribution in [0.3, 0.4) is 0 Å². The third-order valence-electron chi connectivity index (χ3n) is 3.54. The Morgan fingerprint density at radius 2 is 2.14 bits per heavy atom. The Morgan fingerprint density at radius 3 is 2.76 bits per heavy atom. The SMILES string of the molecule is CCOC(=O)c1sc(N)c(C#N)c1COC(=O)/C=C/c1ccc(Cl)c([N+](=O)[O-])c1. The first-order chi connectivity index (χ1) is 13.8. The van der Waals surface area contributed by atoms with Crippen LogP contribution in [-0.4, -0.2) is 23.5 Å². The number of halogens is 1. The maximum absolute atomic E-state index is 12.0. The van der Waals surface area contributed by atoms with Gasteiger partial charge in [0.25, 0.3) is 5.69 Å². The molecule has 0 saturated heterocycles. The molecule has 0 atom stereocenters. The van der Waals surface area contributed by atoms with Crippen molar-refractivity contribution in [1.82, 2.24) is 0 Å². The highest BCUT2D eigenvalue weighted by molar-refractivity contribution is 7.18. The number of nitriles is 1. The summed E-state index contributed by atoms with van der Waals surface area (Å²) in [5.74, 6) is -1.45. The van der Waals surface area contributed by atoms with Crippen LogP contribution in [0.25, 0.3) is 6.08 Å². The number of nitrogens with zero attached hydrogens (tertiary/aromatic N) is 2. The van der Waals surface area contributed by atoms with Crippen molar-refractivity contribution < 1.29 is 24.0 Å². The number of benzene rings is 1. The number of nitro groups is 1. The molecule has 1 heterocycles. The van der Waals surface area contributed by atoms with E-state index >= 15 is 0 Å². The summed E-state index contributed by atoms with van der Waals surface area (Å²) in [4.78, 5) is 34.4.